The molecule has 3 heterocycles. The smallest absolute Gasteiger partial charge is 0.157 e. The molecule has 6 aromatic rings. The molecule has 352 valence electrons. The maximum absolute atomic E-state index is 7.04. The molecule has 0 spiro atoms. The molecule has 66 heavy (non-hydrogen) atoms. The van der Waals surface area contributed by atoms with E-state index in [1.54, 1.807) is 49.8 Å². The number of fused-ring (bicyclic) bond motifs is 1. The lowest BCUT2D eigenvalue weighted by atomic mass is 10.1. The first-order valence-corrected chi connectivity index (χ1v) is 22.8. The number of ether oxygens (including phenoxy) is 8. The molecule has 1 aliphatic heterocycles. The normalized spacial score (nSPS) is 13.2. The van der Waals surface area contributed by atoms with Gasteiger partial charge in [0, 0.05) is 93.0 Å². The number of rotatable bonds is 21. The number of piperazine rings is 1. The third kappa shape index (κ3) is 10.6. The van der Waals surface area contributed by atoms with Crippen molar-refractivity contribution in [2.75, 3.05) is 100 Å². The molecule has 4 aromatic carbocycles. The summed E-state index contributed by atoms with van der Waals surface area (Å²) in [4.78, 5) is 19.6. The fourth-order valence-corrected chi connectivity index (χ4v) is 9.39. The van der Waals surface area contributed by atoms with Crippen LogP contribution in [0.5, 0.6) is 40.2 Å². The van der Waals surface area contributed by atoms with E-state index in [9.17, 15) is 0 Å². The summed E-state index contributed by atoms with van der Waals surface area (Å²) < 4.78 is 49.1. The van der Waals surface area contributed by atoms with Crippen LogP contribution in [0.4, 0.5) is 11.5 Å². The summed E-state index contributed by atoms with van der Waals surface area (Å²) in [5.41, 5.74) is 13.8. The van der Waals surface area contributed by atoms with Crippen LogP contribution in [0.15, 0.2) is 76.5 Å². The second-order valence-electron chi connectivity index (χ2n) is 16.1. The molecule has 1 saturated heterocycles. The van der Waals surface area contributed by atoms with Crippen LogP contribution in [-0.2, 0) is 37.5 Å². The number of aryl methyl sites for hydroxylation is 1. The minimum atomic E-state index is 0.247. The molecule has 0 amide bonds. The van der Waals surface area contributed by atoms with Gasteiger partial charge in [-0.1, -0.05) is 11.8 Å². The zero-order chi connectivity index (χ0) is 46.9. The monoisotopic (exact) mass is 921 g/mol. The van der Waals surface area contributed by atoms with E-state index in [4.69, 9.17) is 53.6 Å². The fourth-order valence-electron chi connectivity index (χ4n) is 8.27. The Kier molecular flexibility index (Phi) is 15.9. The summed E-state index contributed by atoms with van der Waals surface area (Å²) in [6, 6.07) is 21.7. The Labute approximate surface area is 392 Å². The molecule has 0 saturated carbocycles. The highest BCUT2D eigenvalue weighted by molar-refractivity contribution is 7.99. The van der Waals surface area contributed by atoms with Crippen molar-refractivity contribution in [1.82, 2.24) is 24.3 Å². The predicted molar refractivity (Wildman–Crippen MR) is 260 cm³/mol. The summed E-state index contributed by atoms with van der Waals surface area (Å²) in [7, 11) is 13.8. The van der Waals surface area contributed by atoms with Gasteiger partial charge in [-0.3, -0.25) is 4.90 Å². The van der Waals surface area contributed by atoms with Gasteiger partial charge in [0.25, 0.3) is 0 Å². The number of nitrogen functional groups attached to an aromatic ring is 1. The summed E-state index contributed by atoms with van der Waals surface area (Å²) in [5, 5.41) is 0. The molecule has 0 radical (unpaired) electrons. The average molecular weight is 922 g/mol. The Hall–Kier alpha value is -6.07. The Morgan fingerprint density at radius 1 is 0.636 bits per heavy atom. The number of hydrogen-bond acceptors (Lipinski definition) is 15. The lowest BCUT2D eigenvalue weighted by Crippen LogP contribution is -2.43. The van der Waals surface area contributed by atoms with Crippen molar-refractivity contribution in [3.05, 3.63) is 101 Å². The van der Waals surface area contributed by atoms with Crippen LogP contribution >= 0.6 is 11.8 Å². The summed E-state index contributed by atoms with van der Waals surface area (Å²) in [6.45, 7) is 10.8. The topological polar surface area (TPSA) is 140 Å². The van der Waals surface area contributed by atoms with Crippen molar-refractivity contribution in [2.45, 2.75) is 56.4 Å². The number of anilines is 2. The summed E-state index contributed by atoms with van der Waals surface area (Å²) in [5.74, 6) is 6.16. The van der Waals surface area contributed by atoms with Gasteiger partial charge in [-0.25, -0.2) is 9.97 Å². The number of hydrogen-bond donors (Lipinski definition) is 1. The number of aromatic nitrogens is 3. The number of nitrogens with two attached hydrogens (primary N) is 1. The van der Waals surface area contributed by atoms with Crippen LogP contribution in [-0.4, -0.2) is 114 Å². The van der Waals surface area contributed by atoms with Crippen LogP contribution in [0.3, 0.4) is 0 Å². The van der Waals surface area contributed by atoms with Crippen molar-refractivity contribution < 1.29 is 37.9 Å². The molecule has 1 aliphatic rings. The van der Waals surface area contributed by atoms with Gasteiger partial charge in [0.1, 0.15) is 58.2 Å². The minimum absolute atomic E-state index is 0.247. The lowest BCUT2D eigenvalue weighted by Gasteiger charge is -2.32. The number of pyridine rings is 1. The molecular formula is C50H63N7O8S. The molecule has 16 heteroatoms. The second-order valence-corrected chi connectivity index (χ2v) is 17.1. The molecule has 0 unspecified atom stereocenters. The molecule has 0 aliphatic carbocycles. The van der Waals surface area contributed by atoms with Gasteiger partial charge >= 0.3 is 0 Å². The maximum atomic E-state index is 7.04. The molecule has 2 aromatic heterocycles. The van der Waals surface area contributed by atoms with Crippen LogP contribution in [0.25, 0.3) is 11.0 Å². The van der Waals surface area contributed by atoms with Gasteiger partial charge in [-0.15, -0.1) is 0 Å². The predicted octanol–water partition coefficient (Wildman–Crippen LogP) is 8.07. The highest BCUT2D eigenvalue weighted by Gasteiger charge is 2.28. The quantitative estimate of drug-likeness (QED) is 0.0696. The van der Waals surface area contributed by atoms with E-state index in [1.807, 2.05) is 68.4 Å². The standard InChI is InChI=1S/C50H63N7O8S/c1-11-65-31-45-53-46-47(57(45)30-36-14-17-39(60-6)26-43(36)63-9)48(66-49-40(51)22-33(23-44(49)64-10)27-55-20-18-54(3)19-21-55)32(2)52-50(46)56(28-34-12-15-37(58-4)24-41(34)61-7)29-35-13-16-38(59-5)25-42(35)62-8/h12-17,22-26H,11,18-21,27-31,51H2,1-10H3. The number of methoxy groups -OCH3 is 7. The molecule has 0 bridgehead atoms. The highest BCUT2D eigenvalue weighted by Crippen LogP contribution is 2.46. The molecule has 2 N–H and O–H groups in total. The van der Waals surface area contributed by atoms with Crippen LogP contribution in [0.2, 0.25) is 0 Å². The number of benzene rings is 4. The molecule has 15 nitrogen and oxygen atoms in total. The lowest BCUT2D eigenvalue weighted by molar-refractivity contribution is 0.126. The maximum Gasteiger partial charge on any atom is 0.157 e. The van der Waals surface area contributed by atoms with E-state index in [0.717, 1.165) is 76.0 Å². The van der Waals surface area contributed by atoms with Crippen molar-refractivity contribution in [1.29, 1.82) is 0 Å². The van der Waals surface area contributed by atoms with Gasteiger partial charge in [-0.2, -0.15) is 0 Å². The number of likely N-dealkylation sites (N-methyl/N-ethyl adjacent to an activating group) is 1. The zero-order valence-corrected chi connectivity index (χ0v) is 40.7. The van der Waals surface area contributed by atoms with Crippen LogP contribution in [0.1, 0.15) is 40.7 Å². The second kappa shape index (κ2) is 21.9. The Bertz CT molecular complexity index is 2560. The fraction of sp³-hybridized carbons (Fsp3) is 0.400. The first-order valence-electron chi connectivity index (χ1n) is 21.9. The van der Waals surface area contributed by atoms with Gasteiger partial charge in [0.05, 0.1) is 77.3 Å². The molecule has 0 atom stereocenters. The van der Waals surface area contributed by atoms with Gasteiger partial charge in [0.2, 0.25) is 0 Å². The molecular weight excluding hydrogens is 859 g/mol. The third-order valence-electron chi connectivity index (χ3n) is 11.9. The largest absolute Gasteiger partial charge is 0.497 e. The average Bonchev–Trinajstić information content (AvgIpc) is 3.69. The number of imidazole rings is 1. The summed E-state index contributed by atoms with van der Waals surface area (Å²) >= 11 is 1.53. The van der Waals surface area contributed by atoms with Crippen LogP contribution < -0.4 is 43.8 Å². The van der Waals surface area contributed by atoms with Crippen molar-refractivity contribution in [2.24, 2.45) is 0 Å². The van der Waals surface area contributed by atoms with E-state index in [1.165, 1.54) is 11.8 Å². The Morgan fingerprint density at radius 3 is 1.71 bits per heavy atom. The zero-order valence-electron chi connectivity index (χ0n) is 39.9. The molecule has 7 rings (SSSR count). The van der Waals surface area contributed by atoms with Crippen molar-refractivity contribution in [3.8, 4) is 40.2 Å². The number of nitrogens with zero attached hydrogens (tertiary/aromatic N) is 6. The highest BCUT2D eigenvalue weighted by atomic mass is 32.2. The first kappa shape index (κ1) is 47.9. The SMILES string of the molecule is CCOCc1nc2c(N(Cc3ccc(OC)cc3OC)Cc3ccc(OC)cc3OC)nc(C)c(Sc3c(N)cc(CN4CCN(C)CC4)cc3OC)c2n1Cc1ccc(OC)cc1OC. The third-order valence-corrected chi connectivity index (χ3v) is 13.2. The Morgan fingerprint density at radius 2 is 1.18 bits per heavy atom. The van der Waals surface area contributed by atoms with E-state index in [2.05, 4.69) is 38.4 Å². The van der Waals surface area contributed by atoms with Crippen molar-refractivity contribution >= 4 is 34.3 Å². The van der Waals surface area contributed by atoms with Crippen molar-refractivity contribution in [3.63, 3.8) is 0 Å². The van der Waals surface area contributed by atoms with E-state index in [-0.39, 0.29) is 6.61 Å². The van der Waals surface area contributed by atoms with E-state index < -0.39 is 0 Å². The Balaban J connectivity index is 1.46. The summed E-state index contributed by atoms with van der Waals surface area (Å²) in [6.07, 6.45) is 0. The van der Waals surface area contributed by atoms with Crippen LogP contribution in [0, 0.1) is 6.92 Å². The molecule has 1 fully saturated rings. The first-order chi connectivity index (χ1) is 32.0. The minimum Gasteiger partial charge on any atom is -0.497 e. The van der Waals surface area contributed by atoms with Gasteiger partial charge in [0.15, 0.2) is 5.82 Å². The van der Waals surface area contributed by atoms with Gasteiger partial charge < -0.3 is 58.0 Å². The van der Waals surface area contributed by atoms with E-state index >= 15 is 0 Å². The van der Waals surface area contributed by atoms with E-state index in [0.29, 0.717) is 89.3 Å². The van der Waals surface area contributed by atoms with Gasteiger partial charge in [-0.05, 0) is 75.0 Å².